The maximum atomic E-state index is 12.7. The summed E-state index contributed by atoms with van der Waals surface area (Å²) in [5.74, 6) is -0.709. The van der Waals surface area contributed by atoms with E-state index in [1.54, 1.807) is 0 Å². The van der Waals surface area contributed by atoms with E-state index in [1.165, 1.54) is 6.33 Å². The smallest absolute Gasteiger partial charge is 0.410 e. The van der Waals surface area contributed by atoms with E-state index in [-0.39, 0.29) is 29.9 Å². The summed E-state index contributed by atoms with van der Waals surface area (Å²) in [5.41, 5.74) is 0.292. The van der Waals surface area contributed by atoms with Crippen LogP contribution < -0.4 is 0 Å². The number of carbonyl (C=O) groups is 1. The van der Waals surface area contributed by atoms with Crippen molar-refractivity contribution in [1.82, 2.24) is 24.3 Å². The van der Waals surface area contributed by atoms with Gasteiger partial charge < -0.3 is 28.4 Å². The van der Waals surface area contributed by atoms with Gasteiger partial charge in [0.2, 0.25) is 0 Å². The number of likely N-dealkylation sites (tertiary alicyclic amines) is 2. The lowest BCUT2D eigenvalue weighted by molar-refractivity contribution is -0.199. The van der Waals surface area contributed by atoms with Crippen molar-refractivity contribution < 1.29 is 23.7 Å². The van der Waals surface area contributed by atoms with Crippen LogP contribution in [0.3, 0.4) is 0 Å². The van der Waals surface area contributed by atoms with E-state index < -0.39 is 17.6 Å². The zero-order chi connectivity index (χ0) is 27.7. The molecule has 4 saturated heterocycles. The number of aromatic nitrogens is 3. The Bertz CT molecular complexity index is 1260. The number of carbonyl (C=O) groups excluding carboxylic acids is 1. The number of ether oxygens (including phenoxy) is 4. The second-order valence-electron chi connectivity index (χ2n) is 12.6. The van der Waals surface area contributed by atoms with Crippen molar-refractivity contribution in [2.45, 2.75) is 102 Å². The normalized spacial score (nSPS) is 30.4. The molecule has 1 spiro atoms. The van der Waals surface area contributed by atoms with Gasteiger partial charge in [-0.25, -0.2) is 14.8 Å². The number of amides is 1. The van der Waals surface area contributed by atoms with Crippen molar-refractivity contribution in [3.63, 3.8) is 0 Å². The molecule has 4 aliphatic rings. The van der Waals surface area contributed by atoms with Gasteiger partial charge in [-0.1, -0.05) is 11.6 Å². The molecule has 0 aliphatic carbocycles. The van der Waals surface area contributed by atoms with Crippen LogP contribution in [0.2, 0.25) is 5.15 Å². The monoisotopic (exact) mass is 673 g/mol. The Morgan fingerprint density at radius 1 is 1.15 bits per heavy atom. The molecule has 0 radical (unpaired) electrons. The van der Waals surface area contributed by atoms with Crippen molar-refractivity contribution in [2.75, 3.05) is 26.2 Å². The highest BCUT2D eigenvalue weighted by Crippen LogP contribution is 2.47. The van der Waals surface area contributed by atoms with Gasteiger partial charge in [0.1, 0.15) is 41.0 Å². The van der Waals surface area contributed by atoms with E-state index in [0.29, 0.717) is 18.2 Å². The topological polar surface area (TPSA) is 91.2 Å². The third-order valence-electron chi connectivity index (χ3n) is 8.40. The summed E-state index contributed by atoms with van der Waals surface area (Å²) in [5, 5.41) is 1.24. The van der Waals surface area contributed by atoms with Crippen LogP contribution in [0, 0.1) is 3.57 Å². The first-order valence-electron chi connectivity index (χ1n) is 13.8. The first-order valence-corrected chi connectivity index (χ1v) is 15.2. The van der Waals surface area contributed by atoms with Crippen molar-refractivity contribution >= 4 is 51.3 Å². The van der Waals surface area contributed by atoms with Gasteiger partial charge >= 0.3 is 6.09 Å². The number of hydrogen-bond acceptors (Lipinski definition) is 8. The summed E-state index contributed by atoms with van der Waals surface area (Å²) >= 11 is 8.68. The molecule has 6 rings (SSSR count). The lowest BCUT2D eigenvalue weighted by atomic mass is 9.84. The molecule has 0 N–H and O–H groups in total. The number of nitrogens with zero attached hydrogens (tertiary/aromatic N) is 5. The highest BCUT2D eigenvalue weighted by molar-refractivity contribution is 14.1. The lowest BCUT2D eigenvalue weighted by Crippen LogP contribution is -2.56. The van der Waals surface area contributed by atoms with Crippen LogP contribution in [0.4, 0.5) is 4.79 Å². The zero-order valence-electron chi connectivity index (χ0n) is 23.2. The Hall–Kier alpha value is -1.25. The van der Waals surface area contributed by atoms with Crippen LogP contribution in [-0.4, -0.2) is 91.8 Å². The SMILES string of the molecule is CC(C)(C)OC(=O)N1CCC2(CCCN2C[C@H]2O[C@@H](n3cc(I)c4c(Cl)ncnc43)[C@@H]3OC(C)(C)O[C@@H]32)CC1. The molecule has 0 saturated carbocycles. The minimum absolute atomic E-state index is 0.0563. The van der Waals surface area contributed by atoms with Crippen LogP contribution >= 0.6 is 34.2 Å². The standard InChI is InChI=1S/C27H37ClIN5O5/c1-25(2,3)39-24(35)32-11-8-27(9-12-32)7-6-10-33(27)14-17-19-20(38-26(4,5)37-19)23(36-17)34-13-16(29)18-21(28)30-15-31-22(18)34/h13,15,17,19-20,23H,6-12,14H2,1-5H3/t17-,19-,20-,23-/m1/s1. The molecule has 1 amide bonds. The first kappa shape index (κ1) is 27.9. The zero-order valence-corrected chi connectivity index (χ0v) is 26.1. The van der Waals surface area contributed by atoms with E-state index in [4.69, 9.17) is 30.5 Å². The van der Waals surface area contributed by atoms with E-state index in [2.05, 4.69) is 37.5 Å². The van der Waals surface area contributed by atoms with Crippen LogP contribution in [0.1, 0.15) is 66.5 Å². The maximum absolute atomic E-state index is 12.7. The first-order chi connectivity index (χ1) is 18.4. The molecule has 4 aliphatic heterocycles. The van der Waals surface area contributed by atoms with E-state index >= 15 is 0 Å². The van der Waals surface area contributed by atoms with Gasteiger partial charge in [-0.3, -0.25) is 4.90 Å². The van der Waals surface area contributed by atoms with Crippen LogP contribution in [-0.2, 0) is 18.9 Å². The fraction of sp³-hybridized carbons (Fsp3) is 0.741. The summed E-state index contributed by atoms with van der Waals surface area (Å²) in [4.78, 5) is 25.8. The van der Waals surface area contributed by atoms with Gasteiger partial charge in [0, 0.05) is 34.9 Å². The third kappa shape index (κ3) is 5.16. The maximum Gasteiger partial charge on any atom is 0.410 e. The molecule has 2 aromatic heterocycles. The van der Waals surface area contributed by atoms with E-state index in [1.807, 2.05) is 50.3 Å². The largest absolute Gasteiger partial charge is 0.444 e. The predicted molar refractivity (Wildman–Crippen MR) is 154 cm³/mol. The lowest BCUT2D eigenvalue weighted by Gasteiger charge is -2.46. The number of rotatable bonds is 3. The molecule has 6 heterocycles. The molecular formula is C27H37ClIN5O5. The summed E-state index contributed by atoms with van der Waals surface area (Å²) in [6.07, 6.45) is 6.32. The second-order valence-corrected chi connectivity index (χ2v) is 14.1. The van der Waals surface area contributed by atoms with Crippen LogP contribution in [0.15, 0.2) is 12.5 Å². The van der Waals surface area contributed by atoms with E-state index in [0.717, 1.165) is 53.4 Å². The Balaban J connectivity index is 1.21. The Morgan fingerprint density at radius 3 is 2.59 bits per heavy atom. The van der Waals surface area contributed by atoms with Crippen molar-refractivity contribution in [3.05, 3.63) is 21.2 Å². The fourth-order valence-corrected chi connectivity index (χ4v) is 7.91. The summed E-state index contributed by atoms with van der Waals surface area (Å²) in [6, 6.07) is 0. The molecule has 214 valence electrons. The van der Waals surface area contributed by atoms with Gasteiger partial charge in [-0.2, -0.15) is 0 Å². The molecule has 12 heteroatoms. The van der Waals surface area contributed by atoms with Gasteiger partial charge in [-0.05, 0) is 89.4 Å². The highest BCUT2D eigenvalue weighted by atomic mass is 127. The minimum atomic E-state index is -0.709. The Labute approximate surface area is 247 Å². The average Bonchev–Trinajstić information content (AvgIpc) is 3.56. The van der Waals surface area contributed by atoms with Gasteiger partial charge in [0.05, 0.1) is 5.39 Å². The molecule has 4 fully saturated rings. The van der Waals surface area contributed by atoms with Gasteiger partial charge in [0.25, 0.3) is 0 Å². The van der Waals surface area contributed by atoms with Crippen LogP contribution in [0.25, 0.3) is 11.0 Å². The molecule has 2 aromatic rings. The second kappa shape index (κ2) is 9.94. The molecule has 0 unspecified atom stereocenters. The molecule has 10 nitrogen and oxygen atoms in total. The number of fused-ring (bicyclic) bond motifs is 2. The van der Waals surface area contributed by atoms with Gasteiger partial charge in [0.15, 0.2) is 12.0 Å². The number of halogens is 2. The minimum Gasteiger partial charge on any atom is -0.444 e. The summed E-state index contributed by atoms with van der Waals surface area (Å²) in [7, 11) is 0. The average molecular weight is 674 g/mol. The van der Waals surface area contributed by atoms with E-state index in [9.17, 15) is 4.79 Å². The fourth-order valence-electron chi connectivity index (χ4n) is 6.72. The van der Waals surface area contributed by atoms with Gasteiger partial charge in [-0.15, -0.1) is 0 Å². The van der Waals surface area contributed by atoms with Crippen molar-refractivity contribution in [2.24, 2.45) is 0 Å². The predicted octanol–water partition coefficient (Wildman–Crippen LogP) is 4.97. The molecule has 39 heavy (non-hydrogen) atoms. The molecule has 4 atom stereocenters. The quantitative estimate of drug-likeness (QED) is 0.333. The van der Waals surface area contributed by atoms with Crippen LogP contribution in [0.5, 0.6) is 0 Å². The number of hydrogen-bond donors (Lipinski definition) is 0. The van der Waals surface area contributed by atoms with Crippen molar-refractivity contribution in [1.29, 1.82) is 0 Å². The molecular weight excluding hydrogens is 637 g/mol. The Morgan fingerprint density at radius 2 is 1.87 bits per heavy atom. The summed E-state index contributed by atoms with van der Waals surface area (Å²) in [6.45, 7) is 12.8. The number of piperidine rings is 1. The Kier molecular flexibility index (Phi) is 7.11. The summed E-state index contributed by atoms with van der Waals surface area (Å²) < 4.78 is 28.2. The third-order valence-corrected chi connectivity index (χ3v) is 9.51. The molecule has 0 bridgehead atoms. The van der Waals surface area contributed by atoms with Crippen molar-refractivity contribution in [3.8, 4) is 0 Å². The highest BCUT2D eigenvalue weighted by Gasteiger charge is 2.57. The molecule has 0 aromatic carbocycles.